The molecule has 0 aromatic heterocycles. The van der Waals surface area contributed by atoms with Gasteiger partial charge in [0.15, 0.2) is 0 Å². The topological polar surface area (TPSA) is 86.3 Å². The Morgan fingerprint density at radius 3 is 2.73 bits per heavy atom. The van der Waals surface area contributed by atoms with Gasteiger partial charge in [-0.15, -0.1) is 0 Å². The van der Waals surface area contributed by atoms with Crippen molar-refractivity contribution in [1.29, 1.82) is 0 Å². The van der Waals surface area contributed by atoms with Crippen molar-refractivity contribution in [3.05, 3.63) is 29.8 Å². The van der Waals surface area contributed by atoms with Crippen LogP contribution in [0.25, 0.3) is 0 Å². The van der Waals surface area contributed by atoms with Crippen LogP contribution < -0.4 is 10.1 Å². The Morgan fingerprint density at radius 1 is 1.03 bits per heavy atom. The molecule has 1 saturated carbocycles. The Balaban J connectivity index is 1.36. The quantitative estimate of drug-likeness (QED) is 0.643. The lowest BCUT2D eigenvalue weighted by Gasteiger charge is -2.51. The fourth-order valence-electron chi connectivity index (χ4n) is 5.78. The highest BCUT2D eigenvalue weighted by molar-refractivity contribution is 5.79. The third kappa shape index (κ3) is 4.96. The zero-order valence-corrected chi connectivity index (χ0v) is 19.1. The lowest BCUT2D eigenvalue weighted by Crippen LogP contribution is -2.72. The van der Waals surface area contributed by atoms with Gasteiger partial charge in [-0.25, -0.2) is 4.79 Å². The van der Waals surface area contributed by atoms with E-state index < -0.39 is 5.54 Å². The molecule has 180 valence electrons. The summed E-state index contributed by atoms with van der Waals surface area (Å²) < 4.78 is 23.6. The first-order chi connectivity index (χ1) is 16.1. The Kier molecular flexibility index (Phi) is 6.74. The average molecular weight is 459 g/mol. The Bertz CT molecular complexity index is 851. The lowest BCUT2D eigenvalue weighted by atomic mass is 9.80. The highest BCUT2D eigenvalue weighted by Crippen LogP contribution is 2.37. The van der Waals surface area contributed by atoms with Crippen molar-refractivity contribution in [1.82, 2.24) is 10.2 Å². The molecule has 1 aromatic rings. The summed E-state index contributed by atoms with van der Waals surface area (Å²) in [6, 6.07) is 8.05. The van der Waals surface area contributed by atoms with Crippen LogP contribution in [0, 0.1) is 0 Å². The molecule has 6 rings (SSSR count). The van der Waals surface area contributed by atoms with Gasteiger partial charge in [-0.2, -0.15) is 0 Å². The van der Waals surface area contributed by atoms with Crippen LogP contribution in [0.4, 0.5) is 4.79 Å². The van der Waals surface area contributed by atoms with Crippen LogP contribution in [-0.2, 0) is 19.0 Å². The number of fused-ring (bicyclic) bond motifs is 8. The summed E-state index contributed by atoms with van der Waals surface area (Å²) in [5, 5.41) is 3.15. The van der Waals surface area contributed by atoms with Gasteiger partial charge in [0.05, 0.1) is 44.1 Å². The molecule has 1 N–H and O–H groups in total. The van der Waals surface area contributed by atoms with E-state index in [-0.39, 0.29) is 37.4 Å². The minimum absolute atomic E-state index is 0.0600. The number of rotatable bonds is 0. The molecule has 5 aliphatic rings. The summed E-state index contributed by atoms with van der Waals surface area (Å²) >= 11 is 0. The van der Waals surface area contributed by atoms with Gasteiger partial charge in [-0.1, -0.05) is 12.1 Å². The van der Waals surface area contributed by atoms with Crippen molar-refractivity contribution in [2.75, 3.05) is 39.6 Å². The maximum Gasteiger partial charge on any atom is 0.410 e. The minimum atomic E-state index is -0.630. The van der Waals surface area contributed by atoms with Gasteiger partial charge in [-0.3, -0.25) is 4.79 Å². The predicted octanol–water partition coefficient (Wildman–Crippen LogP) is 3.00. The maximum absolute atomic E-state index is 13.1. The van der Waals surface area contributed by atoms with Crippen LogP contribution in [0.5, 0.6) is 5.75 Å². The summed E-state index contributed by atoms with van der Waals surface area (Å²) in [6.45, 7) is 2.16. The van der Waals surface area contributed by atoms with Crippen LogP contribution in [0.2, 0.25) is 0 Å². The summed E-state index contributed by atoms with van der Waals surface area (Å²) in [7, 11) is 0. The summed E-state index contributed by atoms with van der Waals surface area (Å²) in [4.78, 5) is 27.0. The second kappa shape index (κ2) is 9.89. The SMILES string of the molecule is O=C1COCC2(CCCN3C(=O)OCCCOc4cccc(c4)C4CCC(CC4)OCC32)N1. The second-order valence-corrected chi connectivity index (χ2v) is 9.71. The van der Waals surface area contributed by atoms with E-state index in [1.165, 1.54) is 5.56 Å². The number of piperidine rings is 1. The summed E-state index contributed by atoms with van der Waals surface area (Å²) in [5.41, 5.74) is 0.691. The molecule has 1 aliphatic carbocycles. The maximum atomic E-state index is 13.1. The van der Waals surface area contributed by atoms with Crippen LogP contribution in [0.1, 0.15) is 56.4 Å². The predicted molar refractivity (Wildman–Crippen MR) is 120 cm³/mol. The van der Waals surface area contributed by atoms with Gasteiger partial charge >= 0.3 is 6.09 Å². The van der Waals surface area contributed by atoms with E-state index in [0.717, 1.165) is 44.3 Å². The first-order valence-corrected chi connectivity index (χ1v) is 12.3. The minimum Gasteiger partial charge on any atom is -0.493 e. The molecule has 1 aromatic carbocycles. The van der Waals surface area contributed by atoms with Crippen molar-refractivity contribution < 1.29 is 28.5 Å². The van der Waals surface area contributed by atoms with E-state index in [1.807, 2.05) is 6.07 Å². The number of hydrogen-bond acceptors (Lipinski definition) is 6. The molecule has 4 bridgehead atoms. The van der Waals surface area contributed by atoms with E-state index in [2.05, 4.69) is 23.5 Å². The van der Waals surface area contributed by atoms with Crippen molar-refractivity contribution >= 4 is 12.0 Å². The number of benzene rings is 1. The van der Waals surface area contributed by atoms with Gasteiger partial charge in [0.2, 0.25) is 5.91 Å². The van der Waals surface area contributed by atoms with E-state index in [0.29, 0.717) is 38.7 Å². The third-order valence-electron chi connectivity index (χ3n) is 7.53. The average Bonchev–Trinajstić information content (AvgIpc) is 2.83. The normalized spacial score (nSPS) is 33.5. The van der Waals surface area contributed by atoms with Crippen LogP contribution in [-0.4, -0.2) is 74.2 Å². The molecular weight excluding hydrogens is 424 g/mol. The van der Waals surface area contributed by atoms with E-state index in [9.17, 15) is 9.59 Å². The van der Waals surface area contributed by atoms with E-state index >= 15 is 0 Å². The number of ether oxygens (including phenoxy) is 4. The van der Waals surface area contributed by atoms with E-state index in [1.54, 1.807) is 4.90 Å². The molecule has 4 heterocycles. The van der Waals surface area contributed by atoms with E-state index in [4.69, 9.17) is 18.9 Å². The number of carbonyl (C=O) groups excluding carboxylic acids is 2. The first kappa shape index (κ1) is 22.5. The monoisotopic (exact) mass is 458 g/mol. The molecule has 2 unspecified atom stereocenters. The molecule has 4 aliphatic heterocycles. The van der Waals surface area contributed by atoms with Gasteiger partial charge in [0.1, 0.15) is 12.4 Å². The molecule has 8 nitrogen and oxygen atoms in total. The summed E-state index contributed by atoms with van der Waals surface area (Å²) in [5.74, 6) is 1.24. The van der Waals surface area contributed by atoms with Crippen molar-refractivity contribution in [2.24, 2.45) is 0 Å². The molecule has 2 saturated heterocycles. The molecular formula is C25H34N2O6. The second-order valence-electron chi connectivity index (χ2n) is 9.71. The zero-order chi connectivity index (χ0) is 22.7. The number of hydrogen-bond donors (Lipinski definition) is 1. The number of amides is 2. The fraction of sp³-hybridized carbons (Fsp3) is 0.680. The molecule has 33 heavy (non-hydrogen) atoms. The van der Waals surface area contributed by atoms with Gasteiger partial charge in [0, 0.05) is 13.0 Å². The van der Waals surface area contributed by atoms with Crippen LogP contribution >= 0.6 is 0 Å². The van der Waals surface area contributed by atoms with Crippen LogP contribution in [0.3, 0.4) is 0 Å². The standard InChI is InChI=1S/C25H34N2O6/c28-23-16-30-17-25(26-23)10-2-11-27-22(25)15-33-20-8-6-18(7-9-20)19-4-1-5-21(14-19)31-12-3-13-32-24(27)29/h1,4-5,14,18,20,22H,2-3,6-13,15-17H2,(H,26,28). The largest absolute Gasteiger partial charge is 0.493 e. The van der Waals surface area contributed by atoms with Crippen molar-refractivity contribution in [2.45, 2.75) is 68.5 Å². The molecule has 0 radical (unpaired) electrons. The number of morpholine rings is 1. The molecule has 2 atom stereocenters. The Labute approximate surface area is 194 Å². The third-order valence-corrected chi connectivity index (χ3v) is 7.53. The van der Waals surface area contributed by atoms with Gasteiger partial charge in [-0.05, 0) is 62.1 Å². The smallest absolute Gasteiger partial charge is 0.410 e. The first-order valence-electron chi connectivity index (χ1n) is 12.3. The molecule has 1 spiro atoms. The summed E-state index contributed by atoms with van der Waals surface area (Å²) in [6.07, 6.45) is 6.01. The molecule has 3 fully saturated rings. The number of nitrogens with zero attached hydrogens (tertiary/aromatic N) is 1. The van der Waals surface area contributed by atoms with Crippen LogP contribution in [0.15, 0.2) is 24.3 Å². The van der Waals surface area contributed by atoms with Crippen molar-refractivity contribution in [3.8, 4) is 5.75 Å². The fourth-order valence-corrected chi connectivity index (χ4v) is 5.78. The van der Waals surface area contributed by atoms with Gasteiger partial charge < -0.3 is 29.2 Å². The highest BCUT2D eigenvalue weighted by Gasteiger charge is 2.50. The van der Waals surface area contributed by atoms with Crippen molar-refractivity contribution in [3.63, 3.8) is 0 Å². The number of nitrogens with one attached hydrogen (secondary N) is 1. The Hall–Kier alpha value is -2.32. The lowest BCUT2D eigenvalue weighted by molar-refractivity contribution is -0.144. The van der Waals surface area contributed by atoms with Gasteiger partial charge in [0.25, 0.3) is 0 Å². The Morgan fingerprint density at radius 2 is 1.88 bits per heavy atom. The molecule has 8 heteroatoms. The number of carbonyl (C=O) groups is 2. The molecule has 2 amide bonds. The zero-order valence-electron chi connectivity index (χ0n) is 19.1. The highest BCUT2D eigenvalue weighted by atomic mass is 16.6.